The lowest BCUT2D eigenvalue weighted by Crippen LogP contribution is -2.68. The Kier molecular flexibility index (Phi) is 13.0. The summed E-state index contributed by atoms with van der Waals surface area (Å²) in [6.07, 6.45) is 4.95. The maximum Gasteiger partial charge on any atom is 0.402 e. The molecule has 0 unspecified atom stereocenters. The first-order valence-electron chi connectivity index (χ1n) is 12.9. The summed E-state index contributed by atoms with van der Waals surface area (Å²) < 4.78 is 128. The van der Waals surface area contributed by atoms with Crippen LogP contribution in [0.3, 0.4) is 0 Å². The van der Waals surface area contributed by atoms with Gasteiger partial charge in [-0.3, -0.25) is 0 Å². The number of halogens is 8. The summed E-state index contributed by atoms with van der Waals surface area (Å²) in [7, 11) is -7.41. The molecule has 250 valence electrons. The number of carboxylic acids is 1. The number of hydrogen-bond acceptors (Lipinski definition) is 7. The zero-order chi connectivity index (χ0) is 34.3. The minimum absolute atomic E-state index is 0.0381. The molecule has 4 rings (SSSR count). The van der Waals surface area contributed by atoms with Crippen molar-refractivity contribution in [2.45, 2.75) is 48.7 Å². The van der Waals surface area contributed by atoms with Crippen LogP contribution < -0.4 is 5.11 Å². The Morgan fingerprint density at radius 1 is 0.600 bits per heavy atom. The van der Waals surface area contributed by atoms with Gasteiger partial charge in [-0.05, 0) is 49.9 Å². The fourth-order valence-corrected chi connectivity index (χ4v) is 8.57. The monoisotopic (exact) mass is 710 g/mol. The number of carbonyl (C=O) groups excluding carboxylic acids is 3. The van der Waals surface area contributed by atoms with Gasteiger partial charge in [0.1, 0.15) is 29.0 Å². The van der Waals surface area contributed by atoms with Gasteiger partial charge in [0.05, 0.1) is 32.9 Å². The van der Waals surface area contributed by atoms with E-state index in [1.165, 1.54) is 25.7 Å². The van der Waals surface area contributed by atoms with Gasteiger partial charge in [-0.15, -0.1) is 0 Å². The molecule has 2 aromatic carbocycles. The Bertz CT molecular complexity index is 1350. The number of rotatable bonds is 7. The molecule has 0 spiro atoms. The molecule has 7 nitrogen and oxygen atoms in total. The predicted molar refractivity (Wildman–Crippen MR) is 149 cm³/mol. The van der Waals surface area contributed by atoms with E-state index >= 15 is 0 Å². The molecule has 0 atom stereocenters. The third kappa shape index (κ3) is 8.77. The second-order valence-electron chi connectivity index (χ2n) is 9.50. The number of aliphatic carboxylic acids is 1. The van der Waals surface area contributed by atoms with E-state index in [0.29, 0.717) is 10.2 Å². The van der Waals surface area contributed by atoms with Crippen LogP contribution in [0.4, 0.5) is 35.1 Å². The van der Waals surface area contributed by atoms with Gasteiger partial charge in [0.25, 0.3) is 0 Å². The van der Waals surface area contributed by atoms with E-state index in [9.17, 15) is 67.6 Å². The smallest absolute Gasteiger partial charge is 0.402 e. The van der Waals surface area contributed by atoms with Crippen LogP contribution in [-0.4, -0.2) is 75.2 Å². The van der Waals surface area contributed by atoms with E-state index in [2.05, 4.69) is 0 Å². The van der Waals surface area contributed by atoms with Crippen LogP contribution in [-0.2, 0) is 36.7 Å². The number of hydrogen-bond donors (Lipinski definition) is 0. The third-order valence-electron chi connectivity index (χ3n) is 6.33. The molecule has 2 aliphatic heterocycles. The normalized spacial score (nSPS) is 16.6. The van der Waals surface area contributed by atoms with Gasteiger partial charge in [0, 0.05) is 0 Å². The zero-order valence-electron chi connectivity index (χ0n) is 23.0. The SMILES string of the molecule is O=C([O-])C(F)(F)C(F)(F)C(F)(F)C(F)(F)S(=O)(=O)[O-].O=C(c1ccccc1)[S+]1CCCC1.O=C(c1ccccc1)[S+]1CCCC1. The van der Waals surface area contributed by atoms with Crippen LogP contribution in [0.1, 0.15) is 46.4 Å². The molecule has 2 heterocycles. The summed E-state index contributed by atoms with van der Waals surface area (Å²) >= 11 is 0. The number of carbonyl (C=O) groups is 3. The van der Waals surface area contributed by atoms with Crippen molar-refractivity contribution < 1.29 is 67.6 Å². The molecule has 0 amide bonds. The van der Waals surface area contributed by atoms with Gasteiger partial charge in [-0.25, -0.2) is 18.0 Å². The van der Waals surface area contributed by atoms with E-state index in [4.69, 9.17) is 0 Å². The Labute approximate surface area is 258 Å². The minimum atomic E-state index is -7.50. The maximum atomic E-state index is 12.5. The summed E-state index contributed by atoms with van der Waals surface area (Å²) in [5.74, 6) is -21.5. The Hall–Kier alpha value is -2.70. The molecule has 2 fully saturated rings. The Morgan fingerprint density at radius 2 is 0.911 bits per heavy atom. The first kappa shape index (κ1) is 38.5. The molecule has 0 aromatic heterocycles. The highest BCUT2D eigenvalue weighted by atomic mass is 32.2. The molecule has 2 saturated heterocycles. The molecule has 0 N–H and O–H groups in total. The Balaban J connectivity index is 0.000000240. The van der Waals surface area contributed by atoms with Gasteiger partial charge in [-0.2, -0.15) is 35.1 Å². The molecular formula is C27H26F8O7S3. The summed E-state index contributed by atoms with van der Waals surface area (Å²) in [6.45, 7) is 0. The van der Waals surface area contributed by atoms with Crippen LogP contribution in [0.25, 0.3) is 0 Å². The lowest BCUT2D eigenvalue weighted by Gasteiger charge is -2.37. The first-order chi connectivity index (χ1) is 20.7. The second-order valence-corrected chi connectivity index (χ2v) is 15.3. The van der Waals surface area contributed by atoms with Crippen LogP contribution in [0, 0.1) is 0 Å². The van der Waals surface area contributed by atoms with Gasteiger partial charge >= 0.3 is 33.3 Å². The molecular weight excluding hydrogens is 684 g/mol. The summed E-state index contributed by atoms with van der Waals surface area (Å²) in [4.78, 5) is 33.3. The average molecular weight is 711 g/mol. The van der Waals surface area contributed by atoms with Crippen molar-refractivity contribution in [1.29, 1.82) is 0 Å². The lowest BCUT2D eigenvalue weighted by atomic mass is 10.1. The van der Waals surface area contributed by atoms with Crippen molar-refractivity contribution in [2.24, 2.45) is 0 Å². The highest BCUT2D eigenvalue weighted by Crippen LogP contribution is 2.53. The van der Waals surface area contributed by atoms with Crippen molar-refractivity contribution >= 4 is 48.1 Å². The van der Waals surface area contributed by atoms with Crippen LogP contribution in [0.2, 0.25) is 0 Å². The number of alkyl halides is 8. The lowest BCUT2D eigenvalue weighted by molar-refractivity contribution is -0.383. The van der Waals surface area contributed by atoms with E-state index in [1.807, 2.05) is 60.7 Å². The van der Waals surface area contributed by atoms with Crippen LogP contribution >= 0.6 is 0 Å². The summed E-state index contributed by atoms with van der Waals surface area (Å²) in [6, 6.07) is 19.4. The number of carboxylic acid groups (broad SMARTS) is 1. The molecule has 0 radical (unpaired) electrons. The largest absolute Gasteiger partial charge is 0.743 e. The maximum absolute atomic E-state index is 12.5. The topological polar surface area (TPSA) is 131 Å². The zero-order valence-corrected chi connectivity index (χ0v) is 25.5. The molecule has 0 aliphatic carbocycles. The van der Waals surface area contributed by atoms with Gasteiger partial charge < -0.3 is 14.5 Å². The molecule has 2 aromatic rings. The van der Waals surface area contributed by atoms with Crippen molar-refractivity contribution in [3.05, 3.63) is 71.8 Å². The van der Waals surface area contributed by atoms with Crippen molar-refractivity contribution in [2.75, 3.05) is 23.0 Å². The molecule has 2 aliphatic rings. The predicted octanol–water partition coefficient (Wildman–Crippen LogP) is 4.26. The minimum Gasteiger partial charge on any atom is -0.743 e. The number of benzene rings is 2. The molecule has 0 saturated carbocycles. The van der Waals surface area contributed by atoms with Crippen molar-refractivity contribution in [3.63, 3.8) is 0 Å². The van der Waals surface area contributed by atoms with E-state index in [1.54, 1.807) is 0 Å². The fraction of sp³-hybridized carbons (Fsp3) is 0.444. The fourth-order valence-electron chi connectivity index (χ4n) is 3.83. The standard InChI is InChI=1S/2C11H13OS.C5H2F8O5S/c2*12-11(13-8-4-5-9-13)10-6-2-1-3-7-10;6-2(7,1(14)15)3(8,9)4(10,11)5(12,13)19(16,17)18/h2*1-3,6-7H,4-5,8-9H2;(H,14,15)(H,16,17,18)/q2*+1;/p-2. The van der Waals surface area contributed by atoms with Crippen LogP contribution in [0.15, 0.2) is 60.7 Å². The Morgan fingerprint density at radius 3 is 1.18 bits per heavy atom. The summed E-state index contributed by atoms with van der Waals surface area (Å²) in [5, 5.41) is 3.11. The van der Waals surface area contributed by atoms with Gasteiger partial charge in [0.15, 0.2) is 10.1 Å². The molecule has 45 heavy (non-hydrogen) atoms. The van der Waals surface area contributed by atoms with E-state index in [0.717, 1.165) is 34.1 Å². The highest BCUT2D eigenvalue weighted by Gasteiger charge is 2.83. The molecule has 0 bridgehead atoms. The third-order valence-corrected chi connectivity index (χ3v) is 11.9. The highest BCUT2D eigenvalue weighted by molar-refractivity contribution is 8.11. The van der Waals surface area contributed by atoms with Crippen LogP contribution in [0.5, 0.6) is 0 Å². The van der Waals surface area contributed by atoms with E-state index in [-0.39, 0.29) is 21.8 Å². The first-order valence-corrected chi connectivity index (χ1v) is 17.5. The second kappa shape index (κ2) is 15.3. The van der Waals surface area contributed by atoms with Crippen molar-refractivity contribution in [1.82, 2.24) is 0 Å². The summed E-state index contributed by atoms with van der Waals surface area (Å²) in [5.41, 5.74) is 1.79. The van der Waals surface area contributed by atoms with Gasteiger partial charge in [0.2, 0.25) is 0 Å². The van der Waals surface area contributed by atoms with E-state index < -0.39 is 39.1 Å². The van der Waals surface area contributed by atoms with Crippen molar-refractivity contribution in [3.8, 4) is 0 Å². The van der Waals surface area contributed by atoms with Gasteiger partial charge in [-0.1, -0.05) is 36.4 Å². The quantitative estimate of drug-likeness (QED) is 0.239. The average Bonchev–Trinajstić information content (AvgIpc) is 3.72. The molecule has 18 heteroatoms.